The van der Waals surface area contributed by atoms with Gasteiger partial charge in [0, 0.05) is 6.20 Å². The molecule has 4 N–H and O–H groups in total. The van der Waals surface area contributed by atoms with Crippen molar-refractivity contribution in [2.45, 2.75) is 24.5 Å². The molecule has 0 unspecified atom stereocenters. The Hall–Kier alpha value is -2.46. The van der Waals surface area contributed by atoms with Crippen molar-refractivity contribution in [2.24, 2.45) is 0 Å². The molecule has 3 rings (SSSR count). The summed E-state index contributed by atoms with van der Waals surface area (Å²) in [7, 11) is 0. The first-order chi connectivity index (χ1) is 12.4. The first-order valence-electron chi connectivity index (χ1n) is 7.67. The lowest BCUT2D eigenvalue weighted by Gasteiger charge is -2.20. The molecule has 0 bridgehead atoms. The zero-order chi connectivity index (χ0) is 18.8. The highest BCUT2D eigenvalue weighted by Crippen LogP contribution is 2.31. The summed E-state index contributed by atoms with van der Waals surface area (Å²) in [5.74, 6) is -0.857. The van der Waals surface area contributed by atoms with Gasteiger partial charge in [0.25, 0.3) is 0 Å². The van der Waals surface area contributed by atoms with Gasteiger partial charge in [0.15, 0.2) is 12.3 Å². The standard InChI is InChI=1S/C16H16ClN3O6/c17-9-6-20(16(24)19-13(9)18)14-11(22)12(10(7-21)25-14)26-15(23)8-4-2-1-3-5-8/h1-6,10-12,14,21-22H,7H2,(H2,18,19,24)/t10-,11+,12-,14-/m1/s1. The summed E-state index contributed by atoms with van der Waals surface area (Å²) in [5.41, 5.74) is 4.93. The van der Waals surface area contributed by atoms with E-state index in [1.165, 1.54) is 0 Å². The van der Waals surface area contributed by atoms with Crippen LogP contribution in [0.25, 0.3) is 0 Å². The molecule has 2 heterocycles. The van der Waals surface area contributed by atoms with Crippen LogP contribution in [0.2, 0.25) is 5.02 Å². The minimum absolute atomic E-state index is 0.00863. The van der Waals surface area contributed by atoms with E-state index in [1.807, 2.05) is 0 Å². The van der Waals surface area contributed by atoms with Crippen molar-refractivity contribution in [3.8, 4) is 0 Å². The molecular weight excluding hydrogens is 366 g/mol. The van der Waals surface area contributed by atoms with Gasteiger partial charge in [-0.15, -0.1) is 0 Å². The molecule has 26 heavy (non-hydrogen) atoms. The first kappa shape index (κ1) is 18.3. The number of halogens is 1. The summed E-state index contributed by atoms with van der Waals surface area (Å²) < 4.78 is 11.7. The Balaban J connectivity index is 1.85. The summed E-state index contributed by atoms with van der Waals surface area (Å²) in [4.78, 5) is 27.8. The Kier molecular flexibility index (Phi) is 5.23. The molecule has 138 valence electrons. The first-order valence-corrected chi connectivity index (χ1v) is 8.04. The molecule has 2 aromatic rings. The van der Waals surface area contributed by atoms with Gasteiger partial charge in [-0.3, -0.25) is 4.57 Å². The van der Waals surface area contributed by atoms with Crippen molar-refractivity contribution in [1.82, 2.24) is 9.55 Å². The fraction of sp³-hybridized carbons (Fsp3) is 0.312. The highest BCUT2D eigenvalue weighted by Gasteiger charge is 2.47. The molecule has 1 saturated heterocycles. The van der Waals surface area contributed by atoms with Crippen molar-refractivity contribution in [1.29, 1.82) is 0 Å². The third-order valence-electron chi connectivity index (χ3n) is 3.95. The predicted molar refractivity (Wildman–Crippen MR) is 90.6 cm³/mol. The van der Waals surface area contributed by atoms with Crippen LogP contribution < -0.4 is 11.4 Å². The monoisotopic (exact) mass is 381 g/mol. The van der Waals surface area contributed by atoms with Crippen molar-refractivity contribution < 1.29 is 24.5 Å². The van der Waals surface area contributed by atoms with E-state index >= 15 is 0 Å². The van der Waals surface area contributed by atoms with Gasteiger partial charge in [-0.1, -0.05) is 29.8 Å². The number of carbonyl (C=O) groups is 1. The molecule has 0 aliphatic carbocycles. The van der Waals surface area contributed by atoms with E-state index in [0.717, 1.165) is 10.8 Å². The number of anilines is 1. The van der Waals surface area contributed by atoms with E-state index in [4.69, 9.17) is 26.8 Å². The highest BCUT2D eigenvalue weighted by molar-refractivity contribution is 6.32. The highest BCUT2D eigenvalue weighted by atomic mass is 35.5. The molecule has 0 amide bonds. The summed E-state index contributed by atoms with van der Waals surface area (Å²) in [6.07, 6.45) is -3.75. The Bertz CT molecular complexity index is 859. The topological polar surface area (TPSA) is 137 Å². The van der Waals surface area contributed by atoms with Crippen LogP contribution in [-0.4, -0.2) is 50.7 Å². The van der Waals surface area contributed by atoms with E-state index in [9.17, 15) is 19.8 Å². The maximum Gasteiger partial charge on any atom is 0.351 e. The maximum atomic E-state index is 12.2. The molecule has 10 heteroatoms. The zero-order valence-electron chi connectivity index (χ0n) is 13.4. The normalized spacial score (nSPS) is 25.2. The van der Waals surface area contributed by atoms with E-state index in [1.54, 1.807) is 30.3 Å². The van der Waals surface area contributed by atoms with Gasteiger partial charge in [-0.25, -0.2) is 9.59 Å². The smallest absolute Gasteiger partial charge is 0.351 e. The SMILES string of the molecule is Nc1nc(=O)n([C@@H]2O[C@H](CO)[C@@H](OC(=O)c3ccccc3)[C@@H]2O)cc1Cl. The van der Waals surface area contributed by atoms with Gasteiger partial charge in [0.1, 0.15) is 18.0 Å². The van der Waals surface area contributed by atoms with Gasteiger partial charge >= 0.3 is 11.7 Å². The second-order valence-corrected chi connectivity index (χ2v) is 6.05. The van der Waals surface area contributed by atoms with Crippen LogP contribution in [0.3, 0.4) is 0 Å². The van der Waals surface area contributed by atoms with Crippen LogP contribution in [0.5, 0.6) is 0 Å². The molecule has 0 saturated carbocycles. The Morgan fingerprint density at radius 1 is 1.38 bits per heavy atom. The van der Waals surface area contributed by atoms with Crippen LogP contribution in [0.4, 0.5) is 5.82 Å². The lowest BCUT2D eigenvalue weighted by Crippen LogP contribution is -2.39. The molecule has 1 aliphatic heterocycles. The molecule has 0 radical (unpaired) electrons. The molecule has 1 aromatic carbocycles. The molecule has 1 aromatic heterocycles. The van der Waals surface area contributed by atoms with E-state index in [0.29, 0.717) is 0 Å². The van der Waals surface area contributed by atoms with E-state index in [-0.39, 0.29) is 16.4 Å². The number of carbonyl (C=O) groups excluding carboxylic acids is 1. The molecule has 9 nitrogen and oxygen atoms in total. The minimum atomic E-state index is -1.43. The maximum absolute atomic E-state index is 12.2. The number of ether oxygens (including phenoxy) is 2. The average molecular weight is 382 g/mol. The number of nitrogens with zero attached hydrogens (tertiary/aromatic N) is 2. The van der Waals surface area contributed by atoms with Crippen LogP contribution in [0, 0.1) is 0 Å². The fourth-order valence-electron chi connectivity index (χ4n) is 2.65. The molecule has 4 atom stereocenters. The lowest BCUT2D eigenvalue weighted by atomic mass is 10.1. The average Bonchev–Trinajstić information content (AvgIpc) is 2.94. The second kappa shape index (κ2) is 7.42. The van der Waals surface area contributed by atoms with Gasteiger partial charge < -0.3 is 25.4 Å². The molecular formula is C16H16ClN3O6. The third kappa shape index (κ3) is 3.42. The van der Waals surface area contributed by atoms with Crippen LogP contribution >= 0.6 is 11.6 Å². The summed E-state index contributed by atoms with van der Waals surface area (Å²) in [6.45, 7) is -0.537. The summed E-state index contributed by atoms with van der Waals surface area (Å²) >= 11 is 5.86. The third-order valence-corrected chi connectivity index (χ3v) is 4.24. The van der Waals surface area contributed by atoms with E-state index in [2.05, 4.69) is 4.98 Å². The summed E-state index contributed by atoms with van der Waals surface area (Å²) in [5, 5.41) is 20.0. The number of nitrogen functional groups attached to an aromatic ring is 1. The Labute approximate surface area is 152 Å². The number of aliphatic hydroxyl groups excluding tert-OH is 2. The number of nitrogens with two attached hydrogens (primary N) is 1. The molecule has 1 aliphatic rings. The number of hydrogen-bond donors (Lipinski definition) is 3. The van der Waals surface area contributed by atoms with Crippen molar-refractivity contribution in [3.05, 3.63) is 57.6 Å². The fourth-order valence-corrected chi connectivity index (χ4v) is 2.80. The van der Waals surface area contributed by atoms with Gasteiger partial charge in [-0.2, -0.15) is 4.98 Å². The largest absolute Gasteiger partial charge is 0.453 e. The molecule has 1 fully saturated rings. The lowest BCUT2D eigenvalue weighted by molar-refractivity contribution is -0.0562. The van der Waals surface area contributed by atoms with Gasteiger partial charge in [-0.05, 0) is 12.1 Å². The Morgan fingerprint density at radius 2 is 2.08 bits per heavy atom. The van der Waals surface area contributed by atoms with Gasteiger partial charge in [0.2, 0.25) is 0 Å². The van der Waals surface area contributed by atoms with Crippen molar-refractivity contribution in [3.63, 3.8) is 0 Å². The number of hydrogen-bond acceptors (Lipinski definition) is 8. The van der Waals surface area contributed by atoms with Crippen molar-refractivity contribution in [2.75, 3.05) is 12.3 Å². The number of rotatable bonds is 4. The predicted octanol–water partition coefficient (Wildman–Crippen LogP) is -0.0449. The molecule has 0 spiro atoms. The Morgan fingerprint density at radius 3 is 2.73 bits per heavy atom. The quantitative estimate of drug-likeness (QED) is 0.627. The van der Waals surface area contributed by atoms with Crippen LogP contribution in [0.15, 0.2) is 41.3 Å². The summed E-state index contributed by atoms with van der Waals surface area (Å²) in [6, 6.07) is 8.15. The van der Waals surface area contributed by atoms with Crippen molar-refractivity contribution >= 4 is 23.4 Å². The number of esters is 1. The van der Waals surface area contributed by atoms with Crippen LogP contribution in [0.1, 0.15) is 16.6 Å². The number of aromatic nitrogens is 2. The zero-order valence-corrected chi connectivity index (χ0v) is 14.1. The number of aliphatic hydroxyl groups is 2. The number of benzene rings is 1. The minimum Gasteiger partial charge on any atom is -0.453 e. The van der Waals surface area contributed by atoms with Crippen LogP contribution in [-0.2, 0) is 9.47 Å². The van der Waals surface area contributed by atoms with Gasteiger partial charge in [0.05, 0.1) is 17.2 Å². The van der Waals surface area contributed by atoms with E-state index < -0.39 is 42.8 Å². The second-order valence-electron chi connectivity index (χ2n) is 5.64.